The molecule has 0 radical (unpaired) electrons. The highest BCUT2D eigenvalue weighted by atomic mass is 32.2. The Hall–Kier alpha value is -2.50. The van der Waals surface area contributed by atoms with Gasteiger partial charge in [0.15, 0.2) is 11.6 Å². The molecule has 5 rings (SSSR count). The standard InChI is InChI=1S/C21H24FN5O3S2/c1-11(2)15-10-31-27-21(15)30-13-4-3-12(7-13)17-8-19(26-25-17)24-16-5-6-18-14(20(16)22)9-23-32(18,28)29/h5-6,8,10-13,23H,3-4,7,9H2,1-2H3,(H2,24,25,26)/t12-,13+/m0/s1. The van der Waals surface area contributed by atoms with Gasteiger partial charge in [0.2, 0.25) is 15.9 Å². The zero-order valence-corrected chi connectivity index (χ0v) is 19.3. The van der Waals surface area contributed by atoms with Crippen LogP contribution in [0.5, 0.6) is 5.88 Å². The maximum Gasteiger partial charge on any atom is 0.241 e. The first-order valence-electron chi connectivity index (χ1n) is 10.6. The van der Waals surface area contributed by atoms with Gasteiger partial charge in [-0.25, -0.2) is 17.5 Å². The number of rotatable bonds is 6. The fraction of sp³-hybridized carbons (Fsp3) is 0.429. The lowest BCUT2D eigenvalue weighted by atomic mass is 10.0. The van der Waals surface area contributed by atoms with Gasteiger partial charge in [-0.3, -0.25) is 5.10 Å². The number of hydrogen-bond acceptors (Lipinski definition) is 7. The molecule has 170 valence electrons. The number of benzene rings is 1. The van der Waals surface area contributed by atoms with E-state index in [1.54, 1.807) is 0 Å². The van der Waals surface area contributed by atoms with Crippen molar-refractivity contribution >= 4 is 33.1 Å². The molecule has 0 spiro atoms. The number of fused-ring (bicyclic) bond motifs is 1. The molecular weight excluding hydrogens is 453 g/mol. The summed E-state index contributed by atoms with van der Waals surface area (Å²) in [5.74, 6) is 1.28. The Labute approximate surface area is 189 Å². The molecule has 0 saturated heterocycles. The summed E-state index contributed by atoms with van der Waals surface area (Å²) in [7, 11) is -3.61. The van der Waals surface area contributed by atoms with Crippen LogP contribution in [0.15, 0.2) is 28.5 Å². The fourth-order valence-electron chi connectivity index (χ4n) is 4.30. The number of anilines is 2. The first-order valence-corrected chi connectivity index (χ1v) is 12.9. The SMILES string of the molecule is CC(C)c1csnc1O[C@@H]1CC[C@H](c2cc(Nc3ccc4c(c3F)CNS4(=O)=O)n[nH]2)C1. The molecule has 0 bridgehead atoms. The molecule has 3 N–H and O–H groups in total. The highest BCUT2D eigenvalue weighted by Crippen LogP contribution is 2.38. The van der Waals surface area contributed by atoms with Crippen LogP contribution in [0.1, 0.15) is 61.8 Å². The average Bonchev–Trinajstić information content (AvgIpc) is 3.52. The van der Waals surface area contributed by atoms with Gasteiger partial charge >= 0.3 is 0 Å². The Morgan fingerprint density at radius 3 is 2.97 bits per heavy atom. The van der Waals surface area contributed by atoms with Gasteiger partial charge in [0.1, 0.15) is 6.10 Å². The van der Waals surface area contributed by atoms with Crippen molar-refractivity contribution in [2.24, 2.45) is 0 Å². The molecule has 3 heterocycles. The van der Waals surface area contributed by atoms with Crippen molar-refractivity contribution in [1.82, 2.24) is 19.3 Å². The third kappa shape index (κ3) is 3.89. The number of sulfonamides is 1. The Morgan fingerprint density at radius 1 is 1.31 bits per heavy atom. The van der Waals surface area contributed by atoms with Crippen molar-refractivity contribution in [1.29, 1.82) is 0 Å². The molecule has 2 atom stereocenters. The van der Waals surface area contributed by atoms with E-state index in [9.17, 15) is 12.8 Å². The van der Waals surface area contributed by atoms with Gasteiger partial charge in [-0.15, -0.1) is 0 Å². The Morgan fingerprint density at radius 2 is 2.16 bits per heavy atom. The molecule has 1 aromatic carbocycles. The number of nitrogens with zero attached hydrogens (tertiary/aromatic N) is 2. The van der Waals surface area contributed by atoms with Gasteiger partial charge in [0, 0.05) is 40.7 Å². The highest BCUT2D eigenvalue weighted by molar-refractivity contribution is 7.89. The fourth-order valence-corrected chi connectivity index (χ4v) is 6.31. The van der Waals surface area contributed by atoms with Crippen molar-refractivity contribution in [2.75, 3.05) is 5.32 Å². The second-order valence-corrected chi connectivity index (χ2v) is 10.9. The third-order valence-corrected chi connectivity index (χ3v) is 8.19. The maximum absolute atomic E-state index is 14.8. The molecule has 1 aliphatic carbocycles. The van der Waals surface area contributed by atoms with Crippen molar-refractivity contribution in [3.63, 3.8) is 0 Å². The monoisotopic (exact) mass is 477 g/mol. The smallest absolute Gasteiger partial charge is 0.241 e. The van der Waals surface area contributed by atoms with Crippen LogP contribution in [-0.2, 0) is 16.6 Å². The number of halogens is 1. The Kier molecular flexibility index (Phi) is 5.42. The van der Waals surface area contributed by atoms with Crippen LogP contribution in [0.4, 0.5) is 15.9 Å². The molecule has 0 unspecified atom stereocenters. The third-order valence-electron chi connectivity index (χ3n) is 6.08. The molecular formula is C21H24FN5O3S2. The van der Waals surface area contributed by atoms with Gasteiger partial charge in [-0.2, -0.15) is 9.47 Å². The van der Waals surface area contributed by atoms with E-state index in [2.05, 4.69) is 38.5 Å². The average molecular weight is 478 g/mol. The zero-order chi connectivity index (χ0) is 22.5. The second kappa shape index (κ2) is 8.13. The minimum Gasteiger partial charge on any atom is -0.474 e. The lowest BCUT2D eigenvalue weighted by Crippen LogP contribution is -2.13. The molecule has 3 aromatic rings. The minimum absolute atomic E-state index is 0.0130. The van der Waals surface area contributed by atoms with Crippen LogP contribution in [0, 0.1) is 5.82 Å². The first-order chi connectivity index (χ1) is 15.3. The number of hydrogen-bond donors (Lipinski definition) is 3. The van der Waals surface area contributed by atoms with Crippen LogP contribution >= 0.6 is 11.5 Å². The topological polar surface area (TPSA) is 109 Å². The van der Waals surface area contributed by atoms with E-state index in [1.807, 2.05) is 11.4 Å². The van der Waals surface area contributed by atoms with Gasteiger partial charge < -0.3 is 10.1 Å². The first kappa shape index (κ1) is 21.4. The minimum atomic E-state index is -3.61. The van der Waals surface area contributed by atoms with E-state index >= 15 is 0 Å². The van der Waals surface area contributed by atoms with E-state index < -0.39 is 15.8 Å². The Balaban J connectivity index is 1.26. The quantitative estimate of drug-likeness (QED) is 0.486. The van der Waals surface area contributed by atoms with Crippen LogP contribution in [0.3, 0.4) is 0 Å². The molecule has 11 heteroatoms. The number of aromatic amines is 1. The van der Waals surface area contributed by atoms with Crippen molar-refractivity contribution in [3.05, 3.63) is 46.2 Å². The van der Waals surface area contributed by atoms with Crippen LogP contribution in [0.25, 0.3) is 0 Å². The predicted molar refractivity (Wildman–Crippen MR) is 120 cm³/mol. The molecule has 1 saturated carbocycles. The summed E-state index contributed by atoms with van der Waals surface area (Å²) in [6.45, 7) is 4.21. The maximum atomic E-state index is 14.8. The number of aromatic nitrogens is 3. The van der Waals surface area contributed by atoms with E-state index in [1.165, 1.54) is 23.7 Å². The highest BCUT2D eigenvalue weighted by Gasteiger charge is 2.31. The van der Waals surface area contributed by atoms with Crippen molar-refractivity contribution < 1.29 is 17.5 Å². The van der Waals surface area contributed by atoms with E-state index in [-0.39, 0.29) is 34.7 Å². The van der Waals surface area contributed by atoms with Crippen LogP contribution in [-0.4, -0.2) is 29.1 Å². The molecule has 1 aliphatic heterocycles. The van der Waals surface area contributed by atoms with Crippen molar-refractivity contribution in [3.8, 4) is 5.88 Å². The summed E-state index contributed by atoms with van der Waals surface area (Å²) in [6.07, 6.45) is 2.85. The Bertz CT molecular complexity index is 1250. The van der Waals surface area contributed by atoms with Gasteiger partial charge in [0.05, 0.1) is 10.6 Å². The largest absolute Gasteiger partial charge is 0.474 e. The van der Waals surface area contributed by atoms with Gasteiger partial charge in [0.25, 0.3) is 0 Å². The molecule has 2 aliphatic rings. The summed E-state index contributed by atoms with van der Waals surface area (Å²) in [4.78, 5) is -0.0130. The number of ether oxygens (including phenoxy) is 1. The molecule has 8 nitrogen and oxygen atoms in total. The summed E-state index contributed by atoms with van der Waals surface area (Å²) in [5, 5.41) is 12.3. The summed E-state index contributed by atoms with van der Waals surface area (Å²) >= 11 is 1.42. The number of nitrogens with one attached hydrogen (secondary N) is 3. The molecule has 0 amide bonds. The van der Waals surface area contributed by atoms with Crippen LogP contribution < -0.4 is 14.8 Å². The van der Waals surface area contributed by atoms with E-state index in [0.717, 1.165) is 36.4 Å². The van der Waals surface area contributed by atoms with E-state index in [4.69, 9.17) is 4.74 Å². The lowest BCUT2D eigenvalue weighted by Gasteiger charge is -2.14. The normalized spacial score (nSPS) is 21.8. The second-order valence-electron chi connectivity index (χ2n) is 8.54. The lowest BCUT2D eigenvalue weighted by molar-refractivity contribution is 0.199. The van der Waals surface area contributed by atoms with Gasteiger partial charge in [-0.1, -0.05) is 13.8 Å². The molecule has 1 fully saturated rings. The number of H-pyrrole nitrogens is 1. The summed E-state index contributed by atoms with van der Waals surface area (Å²) in [6, 6.07) is 4.70. The van der Waals surface area contributed by atoms with Crippen LogP contribution in [0.2, 0.25) is 0 Å². The summed E-state index contributed by atoms with van der Waals surface area (Å²) < 4.78 is 51.5. The van der Waals surface area contributed by atoms with E-state index in [0.29, 0.717) is 11.7 Å². The van der Waals surface area contributed by atoms with Crippen molar-refractivity contribution in [2.45, 2.75) is 62.5 Å². The molecule has 32 heavy (non-hydrogen) atoms. The zero-order valence-electron chi connectivity index (χ0n) is 17.7. The predicted octanol–water partition coefficient (Wildman–Crippen LogP) is 4.38. The molecule has 2 aromatic heterocycles. The summed E-state index contributed by atoms with van der Waals surface area (Å²) in [5.41, 5.74) is 2.44. The van der Waals surface area contributed by atoms with Gasteiger partial charge in [-0.05, 0) is 48.8 Å².